The van der Waals surface area contributed by atoms with Crippen LogP contribution < -0.4 is 10.6 Å². The first kappa shape index (κ1) is 15.9. The number of hydrogen-bond donors (Lipinski definition) is 2. The summed E-state index contributed by atoms with van der Waals surface area (Å²) < 4.78 is 0. The van der Waals surface area contributed by atoms with Crippen LogP contribution in [0.15, 0.2) is 18.5 Å². The van der Waals surface area contributed by atoms with Crippen molar-refractivity contribution in [3.05, 3.63) is 29.6 Å². The normalized spacial score (nSPS) is 21.8. The maximum atomic E-state index is 12.3. The van der Waals surface area contributed by atoms with Gasteiger partial charge in [-0.1, -0.05) is 6.92 Å². The number of rotatable bonds is 4. The highest BCUT2D eigenvalue weighted by Crippen LogP contribution is 2.23. The third kappa shape index (κ3) is 3.45. The lowest BCUT2D eigenvalue weighted by Crippen LogP contribution is -2.52. The van der Waals surface area contributed by atoms with E-state index in [2.05, 4.69) is 22.5 Å². The van der Waals surface area contributed by atoms with Crippen molar-refractivity contribution in [1.82, 2.24) is 15.6 Å². The zero-order valence-electron chi connectivity index (χ0n) is 11.5. The molecule has 0 spiro atoms. The molecule has 106 valence electrons. The number of pyridine rings is 1. The Balaban J connectivity index is 0.00000180. The van der Waals surface area contributed by atoms with Crippen LogP contribution in [0.3, 0.4) is 0 Å². The van der Waals surface area contributed by atoms with Crippen molar-refractivity contribution in [2.45, 2.75) is 45.2 Å². The van der Waals surface area contributed by atoms with Gasteiger partial charge in [-0.25, -0.2) is 0 Å². The van der Waals surface area contributed by atoms with Gasteiger partial charge in [0.1, 0.15) is 0 Å². The lowest BCUT2D eigenvalue weighted by molar-refractivity contribution is -0.127. The van der Waals surface area contributed by atoms with Crippen LogP contribution in [0.5, 0.6) is 0 Å². The van der Waals surface area contributed by atoms with Crippen LogP contribution in [-0.4, -0.2) is 23.0 Å². The van der Waals surface area contributed by atoms with Crippen LogP contribution in [0, 0.1) is 6.92 Å². The van der Waals surface area contributed by atoms with Crippen LogP contribution in [-0.2, 0) is 11.3 Å². The minimum atomic E-state index is -0.346. The summed E-state index contributed by atoms with van der Waals surface area (Å²) in [5, 5.41) is 6.39. The zero-order valence-corrected chi connectivity index (χ0v) is 12.3. The molecule has 1 fully saturated rings. The fraction of sp³-hybridized carbons (Fsp3) is 0.571. The number of amides is 1. The molecule has 0 saturated carbocycles. The molecule has 5 heteroatoms. The van der Waals surface area contributed by atoms with Crippen molar-refractivity contribution in [3.8, 4) is 0 Å². The van der Waals surface area contributed by atoms with Gasteiger partial charge in [0, 0.05) is 18.9 Å². The summed E-state index contributed by atoms with van der Waals surface area (Å²) in [7, 11) is 0. The molecule has 0 bridgehead atoms. The van der Waals surface area contributed by atoms with Crippen molar-refractivity contribution < 1.29 is 4.79 Å². The Hall–Kier alpha value is -1.13. The SMILES string of the molecule is CCC1(C(=O)NCc2ccncc2C)CCCN1.Cl. The van der Waals surface area contributed by atoms with E-state index in [0.717, 1.165) is 36.9 Å². The van der Waals surface area contributed by atoms with E-state index in [4.69, 9.17) is 0 Å². The van der Waals surface area contributed by atoms with E-state index in [-0.39, 0.29) is 23.9 Å². The first-order chi connectivity index (χ1) is 8.68. The largest absolute Gasteiger partial charge is 0.350 e. The van der Waals surface area contributed by atoms with Crippen LogP contribution in [0.4, 0.5) is 0 Å². The summed E-state index contributed by atoms with van der Waals surface area (Å²) in [4.78, 5) is 16.3. The maximum Gasteiger partial charge on any atom is 0.240 e. The van der Waals surface area contributed by atoms with Crippen LogP contribution in [0.25, 0.3) is 0 Å². The summed E-state index contributed by atoms with van der Waals surface area (Å²) in [6.07, 6.45) is 6.44. The van der Waals surface area contributed by atoms with Gasteiger partial charge in [0.15, 0.2) is 0 Å². The van der Waals surface area contributed by atoms with E-state index in [1.54, 1.807) is 6.20 Å². The lowest BCUT2D eigenvalue weighted by Gasteiger charge is -2.26. The maximum absolute atomic E-state index is 12.3. The van der Waals surface area contributed by atoms with Crippen molar-refractivity contribution in [1.29, 1.82) is 0 Å². The molecule has 1 saturated heterocycles. The van der Waals surface area contributed by atoms with E-state index in [1.165, 1.54) is 0 Å². The molecule has 1 amide bonds. The number of nitrogens with zero attached hydrogens (tertiary/aromatic N) is 1. The highest BCUT2D eigenvalue weighted by Gasteiger charge is 2.38. The Kier molecular flexibility index (Phi) is 5.76. The van der Waals surface area contributed by atoms with Gasteiger partial charge in [-0.2, -0.15) is 0 Å². The van der Waals surface area contributed by atoms with Crippen molar-refractivity contribution >= 4 is 18.3 Å². The average Bonchev–Trinajstić information content (AvgIpc) is 2.87. The number of carbonyl (C=O) groups excluding carboxylic acids is 1. The number of carbonyl (C=O) groups is 1. The van der Waals surface area contributed by atoms with Crippen LogP contribution in [0.1, 0.15) is 37.3 Å². The average molecular weight is 284 g/mol. The predicted octanol–water partition coefficient (Wildman–Crippen LogP) is 1.96. The Morgan fingerprint density at radius 1 is 1.58 bits per heavy atom. The minimum absolute atomic E-state index is 0. The van der Waals surface area contributed by atoms with Gasteiger partial charge in [-0.3, -0.25) is 9.78 Å². The molecule has 1 aliphatic heterocycles. The number of aromatic nitrogens is 1. The van der Waals surface area contributed by atoms with Crippen LogP contribution >= 0.6 is 12.4 Å². The fourth-order valence-corrected chi connectivity index (χ4v) is 2.51. The van der Waals surface area contributed by atoms with E-state index < -0.39 is 0 Å². The Labute approximate surface area is 120 Å². The van der Waals surface area contributed by atoms with E-state index >= 15 is 0 Å². The third-order valence-corrected chi connectivity index (χ3v) is 3.86. The molecule has 1 aliphatic rings. The predicted molar refractivity (Wildman–Crippen MR) is 78.3 cm³/mol. The summed E-state index contributed by atoms with van der Waals surface area (Å²) in [6, 6.07) is 1.95. The second-order valence-corrected chi connectivity index (χ2v) is 4.95. The molecule has 1 atom stereocenters. The number of aryl methyl sites for hydroxylation is 1. The second-order valence-electron chi connectivity index (χ2n) is 4.95. The fourth-order valence-electron chi connectivity index (χ4n) is 2.51. The summed E-state index contributed by atoms with van der Waals surface area (Å²) in [5.74, 6) is 0.124. The molecule has 19 heavy (non-hydrogen) atoms. The van der Waals surface area contributed by atoms with Crippen molar-refractivity contribution in [2.75, 3.05) is 6.54 Å². The van der Waals surface area contributed by atoms with Gasteiger partial charge < -0.3 is 10.6 Å². The van der Waals surface area contributed by atoms with Crippen molar-refractivity contribution in [2.24, 2.45) is 0 Å². The van der Waals surface area contributed by atoms with Gasteiger partial charge in [0.2, 0.25) is 5.91 Å². The molecule has 2 heterocycles. The summed E-state index contributed by atoms with van der Waals surface area (Å²) >= 11 is 0. The van der Waals surface area contributed by atoms with Crippen LogP contribution in [0.2, 0.25) is 0 Å². The Bertz CT molecular complexity index is 430. The molecule has 0 aromatic carbocycles. The van der Waals surface area contributed by atoms with E-state index in [0.29, 0.717) is 6.54 Å². The lowest BCUT2D eigenvalue weighted by atomic mass is 9.93. The number of nitrogens with one attached hydrogen (secondary N) is 2. The monoisotopic (exact) mass is 283 g/mol. The molecular formula is C14H22ClN3O. The molecule has 2 rings (SSSR count). The highest BCUT2D eigenvalue weighted by molar-refractivity contribution is 5.86. The number of hydrogen-bond acceptors (Lipinski definition) is 3. The molecular weight excluding hydrogens is 262 g/mol. The van der Waals surface area contributed by atoms with Gasteiger partial charge in [0.25, 0.3) is 0 Å². The van der Waals surface area contributed by atoms with E-state index in [9.17, 15) is 4.79 Å². The molecule has 0 radical (unpaired) electrons. The second kappa shape index (κ2) is 6.87. The molecule has 0 aliphatic carbocycles. The quantitative estimate of drug-likeness (QED) is 0.888. The molecule has 2 N–H and O–H groups in total. The summed E-state index contributed by atoms with van der Waals surface area (Å²) in [5.41, 5.74) is 1.89. The molecule has 1 aromatic rings. The third-order valence-electron chi connectivity index (χ3n) is 3.86. The Morgan fingerprint density at radius 2 is 2.37 bits per heavy atom. The zero-order chi connectivity index (χ0) is 13.0. The van der Waals surface area contributed by atoms with Gasteiger partial charge in [-0.15, -0.1) is 12.4 Å². The standard InChI is InChI=1S/C14H21N3O.ClH/c1-3-14(6-4-7-17-14)13(18)16-10-12-5-8-15-9-11(12)2;/h5,8-9,17H,3-4,6-7,10H2,1-2H3,(H,16,18);1H. The number of halogens is 1. The van der Waals surface area contributed by atoms with Gasteiger partial charge >= 0.3 is 0 Å². The minimum Gasteiger partial charge on any atom is -0.350 e. The van der Waals surface area contributed by atoms with Gasteiger partial charge in [0.05, 0.1) is 5.54 Å². The smallest absolute Gasteiger partial charge is 0.240 e. The highest BCUT2D eigenvalue weighted by atomic mass is 35.5. The topological polar surface area (TPSA) is 54.0 Å². The molecule has 1 aromatic heterocycles. The van der Waals surface area contributed by atoms with Gasteiger partial charge in [-0.05, 0) is 49.9 Å². The van der Waals surface area contributed by atoms with Crippen molar-refractivity contribution in [3.63, 3.8) is 0 Å². The first-order valence-corrected chi connectivity index (χ1v) is 6.61. The van der Waals surface area contributed by atoms with E-state index in [1.807, 2.05) is 19.2 Å². The Morgan fingerprint density at radius 3 is 2.95 bits per heavy atom. The summed E-state index contributed by atoms with van der Waals surface area (Å²) in [6.45, 7) is 5.60. The molecule has 4 nitrogen and oxygen atoms in total. The first-order valence-electron chi connectivity index (χ1n) is 6.61. The molecule has 1 unspecified atom stereocenters.